The Kier molecular flexibility index (Phi) is 6.98. The second-order valence-corrected chi connectivity index (χ2v) is 10.3. The molecule has 0 spiro atoms. The summed E-state index contributed by atoms with van der Waals surface area (Å²) >= 11 is 0. The third kappa shape index (κ3) is 4.93. The van der Waals surface area contributed by atoms with Gasteiger partial charge in [-0.05, 0) is 63.3 Å². The Morgan fingerprint density at radius 1 is 1.10 bits per heavy atom. The van der Waals surface area contributed by atoms with Crippen molar-refractivity contribution >= 4 is 15.9 Å². The number of amides is 1. The fourth-order valence-electron chi connectivity index (χ4n) is 4.14. The van der Waals surface area contributed by atoms with Crippen LogP contribution in [0.1, 0.15) is 54.5 Å². The zero-order valence-electron chi connectivity index (χ0n) is 18.3. The van der Waals surface area contributed by atoms with Crippen LogP contribution >= 0.6 is 0 Å². The van der Waals surface area contributed by atoms with Crippen LogP contribution < -0.4 is 5.32 Å². The number of nitrogens with zero attached hydrogens (tertiary/aromatic N) is 1. The van der Waals surface area contributed by atoms with E-state index in [4.69, 9.17) is 0 Å². The van der Waals surface area contributed by atoms with Gasteiger partial charge in [0.15, 0.2) is 0 Å². The van der Waals surface area contributed by atoms with E-state index in [0.29, 0.717) is 19.4 Å². The lowest BCUT2D eigenvalue weighted by Gasteiger charge is -2.32. The minimum absolute atomic E-state index is 0.0642. The van der Waals surface area contributed by atoms with Gasteiger partial charge in [-0.3, -0.25) is 4.79 Å². The molecule has 0 bridgehead atoms. The van der Waals surface area contributed by atoms with Gasteiger partial charge in [-0.1, -0.05) is 48.4 Å². The normalized spacial score (nSPS) is 18.7. The molecule has 0 aromatic heterocycles. The summed E-state index contributed by atoms with van der Waals surface area (Å²) in [5.41, 5.74) is 4.49. The van der Waals surface area contributed by atoms with Crippen LogP contribution in [0.4, 0.5) is 0 Å². The van der Waals surface area contributed by atoms with Gasteiger partial charge in [0.2, 0.25) is 15.9 Å². The minimum Gasteiger partial charge on any atom is -0.349 e. The van der Waals surface area contributed by atoms with E-state index in [1.165, 1.54) is 9.87 Å². The third-order valence-electron chi connectivity index (χ3n) is 5.94. The Morgan fingerprint density at radius 3 is 2.40 bits per heavy atom. The predicted octanol–water partition coefficient (Wildman–Crippen LogP) is 4.28. The summed E-state index contributed by atoms with van der Waals surface area (Å²) in [6, 6.07) is 13.1. The van der Waals surface area contributed by atoms with Crippen molar-refractivity contribution in [2.75, 3.05) is 13.1 Å². The maximum atomic E-state index is 13.0. The molecule has 2 aromatic rings. The number of hydrogen-bond acceptors (Lipinski definition) is 3. The first-order valence-corrected chi connectivity index (χ1v) is 12.1. The highest BCUT2D eigenvalue weighted by Gasteiger charge is 2.34. The topological polar surface area (TPSA) is 66.5 Å². The summed E-state index contributed by atoms with van der Waals surface area (Å²) in [4.78, 5) is 13.3. The summed E-state index contributed by atoms with van der Waals surface area (Å²) in [6.07, 6.45) is 2.17. The predicted molar refractivity (Wildman–Crippen MR) is 120 cm³/mol. The molecule has 162 valence electrons. The van der Waals surface area contributed by atoms with Crippen molar-refractivity contribution in [1.29, 1.82) is 0 Å². The molecule has 0 aliphatic carbocycles. The molecule has 1 aliphatic heterocycles. The number of hydrogen-bond donors (Lipinski definition) is 1. The monoisotopic (exact) mass is 428 g/mol. The molecule has 1 saturated heterocycles. The third-order valence-corrected chi connectivity index (χ3v) is 7.82. The molecule has 0 saturated carbocycles. The van der Waals surface area contributed by atoms with E-state index in [-0.39, 0.29) is 29.3 Å². The summed E-state index contributed by atoms with van der Waals surface area (Å²) in [5.74, 6) is -0.399. The van der Waals surface area contributed by atoms with Crippen LogP contribution in [0.2, 0.25) is 0 Å². The number of benzene rings is 2. The molecule has 2 aromatic carbocycles. The fraction of sp³-hybridized carbons (Fsp3) is 0.458. The number of piperidine rings is 1. The number of rotatable bonds is 6. The smallest absolute Gasteiger partial charge is 0.243 e. The Hall–Kier alpha value is -2.18. The maximum Gasteiger partial charge on any atom is 0.243 e. The molecule has 1 fully saturated rings. The standard InChI is InChI=1S/C24H32N2O3S/c1-5-23(22-13-10-18(3)15-19(22)4)25-24(27)20-7-6-14-26(16-20)30(28,29)21-11-8-17(2)9-12-21/h8-13,15,20,23H,5-7,14,16H2,1-4H3,(H,25,27)/t20-,23+/m0/s1. The largest absolute Gasteiger partial charge is 0.349 e. The first-order valence-electron chi connectivity index (χ1n) is 10.7. The zero-order valence-corrected chi connectivity index (χ0v) is 19.1. The average Bonchev–Trinajstić information content (AvgIpc) is 2.72. The Labute approximate surface area is 180 Å². The second-order valence-electron chi connectivity index (χ2n) is 8.34. The van der Waals surface area contributed by atoms with E-state index in [1.54, 1.807) is 24.3 Å². The molecule has 1 heterocycles. The molecular formula is C24H32N2O3S. The van der Waals surface area contributed by atoms with Crippen LogP contribution in [0.15, 0.2) is 47.4 Å². The van der Waals surface area contributed by atoms with Gasteiger partial charge in [-0.25, -0.2) is 8.42 Å². The molecule has 1 N–H and O–H groups in total. The van der Waals surface area contributed by atoms with Gasteiger partial charge >= 0.3 is 0 Å². The van der Waals surface area contributed by atoms with Crippen LogP contribution in [-0.2, 0) is 14.8 Å². The van der Waals surface area contributed by atoms with E-state index in [2.05, 4.69) is 44.3 Å². The van der Waals surface area contributed by atoms with Crippen molar-refractivity contribution in [3.05, 3.63) is 64.7 Å². The Morgan fingerprint density at radius 2 is 1.77 bits per heavy atom. The molecule has 0 unspecified atom stereocenters. The van der Waals surface area contributed by atoms with Gasteiger partial charge in [0.25, 0.3) is 0 Å². The lowest BCUT2D eigenvalue weighted by atomic mass is 9.95. The number of nitrogens with one attached hydrogen (secondary N) is 1. The van der Waals surface area contributed by atoms with Gasteiger partial charge in [-0.15, -0.1) is 0 Å². The quantitative estimate of drug-likeness (QED) is 0.747. The molecule has 1 aliphatic rings. The second kappa shape index (κ2) is 9.31. The summed E-state index contributed by atoms with van der Waals surface area (Å²) < 4.78 is 27.5. The van der Waals surface area contributed by atoms with E-state index in [9.17, 15) is 13.2 Å². The molecule has 3 rings (SSSR count). The molecule has 1 amide bonds. The first-order chi connectivity index (χ1) is 14.2. The van der Waals surface area contributed by atoms with Gasteiger partial charge < -0.3 is 5.32 Å². The molecule has 6 heteroatoms. The van der Waals surface area contributed by atoms with Crippen LogP contribution in [0.25, 0.3) is 0 Å². The summed E-state index contributed by atoms with van der Waals surface area (Å²) in [6.45, 7) is 8.78. The van der Waals surface area contributed by atoms with E-state index in [0.717, 1.165) is 23.1 Å². The maximum absolute atomic E-state index is 13.0. The van der Waals surface area contributed by atoms with Crippen LogP contribution in [0.5, 0.6) is 0 Å². The highest BCUT2D eigenvalue weighted by Crippen LogP contribution is 2.26. The number of aryl methyl sites for hydroxylation is 3. The number of carbonyl (C=O) groups is 1. The van der Waals surface area contributed by atoms with Gasteiger partial charge in [0, 0.05) is 13.1 Å². The zero-order chi connectivity index (χ0) is 21.9. The van der Waals surface area contributed by atoms with Gasteiger partial charge in [-0.2, -0.15) is 4.31 Å². The lowest BCUT2D eigenvalue weighted by molar-refractivity contribution is -0.126. The highest BCUT2D eigenvalue weighted by atomic mass is 32.2. The number of carbonyl (C=O) groups excluding carboxylic acids is 1. The van der Waals surface area contributed by atoms with E-state index in [1.807, 2.05) is 6.92 Å². The van der Waals surface area contributed by atoms with E-state index < -0.39 is 10.0 Å². The van der Waals surface area contributed by atoms with E-state index >= 15 is 0 Å². The molecule has 5 nitrogen and oxygen atoms in total. The van der Waals surface area contributed by atoms with Gasteiger partial charge in [0.05, 0.1) is 16.9 Å². The van der Waals surface area contributed by atoms with Crippen molar-refractivity contribution in [2.45, 2.75) is 57.9 Å². The van der Waals surface area contributed by atoms with Crippen molar-refractivity contribution in [2.24, 2.45) is 5.92 Å². The minimum atomic E-state index is -3.59. The van der Waals surface area contributed by atoms with Crippen LogP contribution in [0, 0.1) is 26.7 Å². The SMILES string of the molecule is CC[C@@H](NC(=O)[C@H]1CCCN(S(=O)(=O)c2ccc(C)cc2)C1)c1ccc(C)cc1C. The summed E-state index contributed by atoms with van der Waals surface area (Å²) in [5, 5.41) is 3.17. The van der Waals surface area contributed by atoms with Crippen molar-refractivity contribution < 1.29 is 13.2 Å². The lowest BCUT2D eigenvalue weighted by Crippen LogP contribution is -2.46. The Balaban J connectivity index is 1.72. The highest BCUT2D eigenvalue weighted by molar-refractivity contribution is 7.89. The molecule has 30 heavy (non-hydrogen) atoms. The average molecular weight is 429 g/mol. The molecule has 0 radical (unpaired) electrons. The van der Waals surface area contributed by atoms with Crippen molar-refractivity contribution in [1.82, 2.24) is 9.62 Å². The summed E-state index contributed by atoms with van der Waals surface area (Å²) in [7, 11) is -3.59. The van der Waals surface area contributed by atoms with Gasteiger partial charge in [0.1, 0.15) is 0 Å². The Bertz CT molecular complexity index is 1000. The number of sulfonamides is 1. The first kappa shape index (κ1) is 22.5. The van der Waals surface area contributed by atoms with Crippen molar-refractivity contribution in [3.8, 4) is 0 Å². The van der Waals surface area contributed by atoms with Crippen LogP contribution in [0.3, 0.4) is 0 Å². The molecular weight excluding hydrogens is 396 g/mol. The molecule has 2 atom stereocenters. The van der Waals surface area contributed by atoms with Crippen LogP contribution in [-0.4, -0.2) is 31.7 Å². The fourth-order valence-corrected chi connectivity index (χ4v) is 5.66. The van der Waals surface area contributed by atoms with Crippen molar-refractivity contribution in [3.63, 3.8) is 0 Å².